The Bertz CT molecular complexity index is 952. The summed E-state index contributed by atoms with van der Waals surface area (Å²) in [7, 11) is 0. The zero-order valence-corrected chi connectivity index (χ0v) is 15.2. The van der Waals surface area contributed by atoms with Gasteiger partial charge in [0.2, 0.25) is 5.78 Å². The number of aromatic nitrogens is 2. The number of aryl methyl sites for hydroxylation is 2. The van der Waals surface area contributed by atoms with Crippen LogP contribution in [0.15, 0.2) is 47.5 Å². The summed E-state index contributed by atoms with van der Waals surface area (Å²) < 4.78 is 0. The van der Waals surface area contributed by atoms with E-state index in [4.69, 9.17) is 11.6 Å². The molecular weight excluding hydrogens is 350 g/mol. The average Bonchev–Trinajstić information content (AvgIpc) is 3.10. The molecule has 1 aromatic heterocycles. The molecule has 132 valence electrons. The van der Waals surface area contributed by atoms with Crippen molar-refractivity contribution in [2.75, 3.05) is 6.54 Å². The summed E-state index contributed by atoms with van der Waals surface area (Å²) in [5.74, 6) is 0.131. The number of aromatic amines is 1. The lowest BCUT2D eigenvalue weighted by molar-refractivity contribution is 0.0997. The first kappa shape index (κ1) is 17.9. The second-order valence-corrected chi connectivity index (χ2v) is 6.51. The lowest BCUT2D eigenvalue weighted by Crippen LogP contribution is -2.04. The molecule has 3 rings (SSSR count). The van der Waals surface area contributed by atoms with Gasteiger partial charge in [-0.05, 0) is 60.9 Å². The number of phenols is 1. The summed E-state index contributed by atoms with van der Waals surface area (Å²) in [5, 5.41) is 17.4. The molecule has 0 bridgehead atoms. The van der Waals surface area contributed by atoms with Gasteiger partial charge in [-0.25, -0.2) is 0 Å². The van der Waals surface area contributed by atoms with Gasteiger partial charge in [-0.15, -0.1) is 0 Å². The minimum absolute atomic E-state index is 0.0151. The van der Waals surface area contributed by atoms with Crippen molar-refractivity contribution < 1.29 is 9.90 Å². The quantitative estimate of drug-likeness (QED) is 0.519. The van der Waals surface area contributed by atoms with Crippen LogP contribution in [0.3, 0.4) is 0 Å². The first-order chi connectivity index (χ1) is 12.4. The lowest BCUT2D eigenvalue weighted by Gasteiger charge is -2.04. The molecule has 0 unspecified atom stereocenters. The molecular formula is C20H18ClN3O2. The fraction of sp³-hybridized carbons (Fsp3) is 0.150. The van der Waals surface area contributed by atoms with Gasteiger partial charge in [-0.3, -0.25) is 14.9 Å². The van der Waals surface area contributed by atoms with E-state index in [1.807, 2.05) is 38.1 Å². The highest BCUT2D eigenvalue weighted by atomic mass is 35.5. The standard InChI is InChI=1S/C20H18ClN3O2/c1-12-7-14(8-13(2)20(12)26)10-22-11-19(25)18-9-17(23-24-18)15-3-5-16(21)6-4-15/h3-10,26H,11H2,1-2H3,(H,23,24). The zero-order valence-electron chi connectivity index (χ0n) is 14.5. The molecule has 0 fully saturated rings. The Balaban J connectivity index is 1.68. The van der Waals surface area contributed by atoms with Crippen LogP contribution in [0.5, 0.6) is 5.75 Å². The molecule has 5 nitrogen and oxygen atoms in total. The summed E-state index contributed by atoms with van der Waals surface area (Å²) in [6.45, 7) is 3.67. The minimum Gasteiger partial charge on any atom is -0.507 e. The number of nitrogens with one attached hydrogen (secondary N) is 1. The van der Waals surface area contributed by atoms with Crippen LogP contribution in [0.25, 0.3) is 11.3 Å². The van der Waals surface area contributed by atoms with Gasteiger partial charge in [0.05, 0.1) is 5.69 Å². The third-order valence-corrected chi connectivity index (χ3v) is 4.26. The number of H-pyrrole nitrogens is 1. The maximum atomic E-state index is 12.3. The van der Waals surface area contributed by atoms with Crippen LogP contribution >= 0.6 is 11.6 Å². The van der Waals surface area contributed by atoms with E-state index in [-0.39, 0.29) is 18.1 Å². The SMILES string of the molecule is Cc1cc(C=NCC(=O)c2cc(-c3ccc(Cl)cc3)n[nH]2)cc(C)c1O. The van der Waals surface area contributed by atoms with Gasteiger partial charge in [0.15, 0.2) is 0 Å². The van der Waals surface area contributed by atoms with E-state index in [0.717, 1.165) is 22.3 Å². The number of rotatable bonds is 5. The smallest absolute Gasteiger partial charge is 0.201 e. The largest absolute Gasteiger partial charge is 0.507 e. The van der Waals surface area contributed by atoms with Gasteiger partial charge in [0, 0.05) is 16.8 Å². The number of carbonyl (C=O) groups is 1. The van der Waals surface area contributed by atoms with Gasteiger partial charge in [0.25, 0.3) is 0 Å². The Labute approximate surface area is 156 Å². The summed E-state index contributed by atoms with van der Waals surface area (Å²) >= 11 is 5.88. The van der Waals surface area contributed by atoms with E-state index in [2.05, 4.69) is 15.2 Å². The molecule has 0 radical (unpaired) electrons. The average molecular weight is 368 g/mol. The molecule has 0 spiro atoms. The number of aromatic hydroxyl groups is 1. The van der Waals surface area contributed by atoms with Crippen molar-refractivity contribution in [1.29, 1.82) is 0 Å². The number of nitrogens with zero attached hydrogens (tertiary/aromatic N) is 2. The van der Waals surface area contributed by atoms with Crippen molar-refractivity contribution in [1.82, 2.24) is 10.2 Å². The normalized spacial score (nSPS) is 11.2. The molecule has 2 aromatic carbocycles. The van der Waals surface area contributed by atoms with Crippen LogP contribution < -0.4 is 0 Å². The van der Waals surface area contributed by atoms with E-state index in [1.54, 1.807) is 24.4 Å². The summed E-state index contributed by atoms with van der Waals surface area (Å²) in [6.07, 6.45) is 1.63. The highest BCUT2D eigenvalue weighted by Crippen LogP contribution is 2.22. The van der Waals surface area contributed by atoms with Crippen molar-refractivity contribution in [2.24, 2.45) is 4.99 Å². The number of aliphatic imine (C=N–C) groups is 1. The van der Waals surface area contributed by atoms with Crippen LogP contribution in [-0.4, -0.2) is 33.8 Å². The maximum Gasteiger partial charge on any atom is 0.201 e. The van der Waals surface area contributed by atoms with Crippen molar-refractivity contribution in [3.05, 3.63) is 69.9 Å². The lowest BCUT2D eigenvalue weighted by atomic mass is 10.1. The molecule has 2 N–H and O–H groups in total. The third-order valence-electron chi connectivity index (χ3n) is 4.01. The maximum absolute atomic E-state index is 12.3. The van der Waals surface area contributed by atoms with Crippen LogP contribution in [-0.2, 0) is 0 Å². The van der Waals surface area contributed by atoms with Gasteiger partial charge in [-0.1, -0.05) is 23.7 Å². The third kappa shape index (κ3) is 4.00. The Kier molecular flexibility index (Phi) is 5.19. The van der Waals surface area contributed by atoms with Gasteiger partial charge in [-0.2, -0.15) is 5.10 Å². The number of halogens is 1. The van der Waals surface area contributed by atoms with E-state index in [1.165, 1.54) is 0 Å². The number of hydrogen-bond donors (Lipinski definition) is 2. The van der Waals surface area contributed by atoms with Crippen LogP contribution in [0.2, 0.25) is 5.02 Å². The van der Waals surface area contributed by atoms with Gasteiger partial charge >= 0.3 is 0 Å². The fourth-order valence-electron chi connectivity index (χ4n) is 2.62. The second-order valence-electron chi connectivity index (χ2n) is 6.07. The number of Topliss-reactive ketones (excluding diaryl/α,β-unsaturated/α-hetero) is 1. The number of benzene rings is 2. The van der Waals surface area contributed by atoms with Crippen molar-refractivity contribution >= 4 is 23.6 Å². The van der Waals surface area contributed by atoms with Crippen LogP contribution in [0, 0.1) is 13.8 Å². The Morgan fingerprint density at radius 3 is 2.50 bits per heavy atom. The summed E-state index contributed by atoms with van der Waals surface area (Å²) in [5.41, 5.74) is 4.36. The first-order valence-corrected chi connectivity index (χ1v) is 8.46. The molecule has 3 aromatic rings. The van der Waals surface area contributed by atoms with Gasteiger partial charge < -0.3 is 5.11 Å². The molecule has 6 heteroatoms. The van der Waals surface area contributed by atoms with Crippen LogP contribution in [0.4, 0.5) is 0 Å². The van der Waals surface area contributed by atoms with E-state index in [9.17, 15) is 9.90 Å². The zero-order chi connectivity index (χ0) is 18.7. The van der Waals surface area contributed by atoms with Gasteiger partial charge in [0.1, 0.15) is 18.0 Å². The molecule has 0 aliphatic heterocycles. The minimum atomic E-state index is -0.152. The monoisotopic (exact) mass is 367 g/mol. The van der Waals surface area contributed by atoms with Crippen molar-refractivity contribution in [3.8, 4) is 17.0 Å². The molecule has 0 saturated heterocycles. The highest BCUT2D eigenvalue weighted by Gasteiger charge is 2.10. The Morgan fingerprint density at radius 1 is 1.19 bits per heavy atom. The van der Waals surface area contributed by atoms with E-state index < -0.39 is 0 Å². The molecule has 1 heterocycles. The van der Waals surface area contributed by atoms with Crippen molar-refractivity contribution in [3.63, 3.8) is 0 Å². The topological polar surface area (TPSA) is 78.3 Å². The fourth-order valence-corrected chi connectivity index (χ4v) is 2.74. The predicted octanol–water partition coefficient (Wildman–Crippen LogP) is 4.35. The Hall–Kier alpha value is -2.92. The second kappa shape index (κ2) is 7.54. The number of phenolic OH excluding ortho intramolecular Hbond substituents is 1. The van der Waals surface area contributed by atoms with Crippen LogP contribution in [0.1, 0.15) is 27.2 Å². The number of hydrogen-bond acceptors (Lipinski definition) is 4. The molecule has 0 aliphatic carbocycles. The molecule has 0 atom stereocenters. The van der Waals surface area contributed by atoms with E-state index >= 15 is 0 Å². The summed E-state index contributed by atoms with van der Waals surface area (Å²) in [6, 6.07) is 12.6. The molecule has 0 saturated carbocycles. The first-order valence-electron chi connectivity index (χ1n) is 8.08. The molecule has 26 heavy (non-hydrogen) atoms. The van der Waals surface area contributed by atoms with Crippen molar-refractivity contribution in [2.45, 2.75) is 13.8 Å². The van der Waals surface area contributed by atoms with E-state index in [0.29, 0.717) is 16.4 Å². The molecule has 0 amide bonds. The number of ketones is 1. The molecule has 0 aliphatic rings. The predicted molar refractivity (Wildman–Crippen MR) is 103 cm³/mol. The number of carbonyl (C=O) groups excluding carboxylic acids is 1. The Morgan fingerprint density at radius 2 is 1.85 bits per heavy atom. The highest BCUT2D eigenvalue weighted by molar-refractivity contribution is 6.30. The summed E-state index contributed by atoms with van der Waals surface area (Å²) in [4.78, 5) is 16.5.